The average molecular weight is 726 g/mol. The van der Waals surface area contributed by atoms with Crippen molar-refractivity contribution in [2.45, 2.75) is 83.6 Å². The number of hydrogen-bond donors (Lipinski definition) is 2. The summed E-state index contributed by atoms with van der Waals surface area (Å²) < 4.78 is 32.0. The molecule has 9 nitrogen and oxygen atoms in total. The van der Waals surface area contributed by atoms with Gasteiger partial charge in [0.25, 0.3) is 0 Å². The van der Waals surface area contributed by atoms with Crippen LogP contribution in [0.4, 0.5) is 4.79 Å². The molecule has 0 fully saturated rings. The zero-order chi connectivity index (χ0) is 37.4. The van der Waals surface area contributed by atoms with Crippen LogP contribution in [0.2, 0.25) is 18.1 Å². The number of alkyl carbamates (subject to hydrolysis) is 1. The number of hydrogen-bond acceptors (Lipinski definition) is 7. The summed E-state index contributed by atoms with van der Waals surface area (Å²) in [6.07, 6.45) is -2.12. The second-order valence-electron chi connectivity index (χ2n) is 14.0. The standard InChI is InChI=1S/C42H51NO8Si/c1-42(2,3)52(4,5)51-38(31-47-27-32-18-10-6-11-19-32)39(49-29-34-22-14-8-15-23-34)37(48-28-33-20-12-7-13-21-33)26-36(40(44)45)43-41(46)50-30-35-24-16-9-17-25-35/h6-26,37-39H,27-31H2,1-5H3,(H,43,46)(H,44,45)/b36-26-/t37-,38-,39+/m1/s1. The van der Waals surface area contributed by atoms with Crippen LogP contribution in [0, 0.1) is 0 Å². The smallest absolute Gasteiger partial charge is 0.412 e. The van der Waals surface area contributed by atoms with Crippen molar-refractivity contribution in [3.05, 3.63) is 155 Å². The fourth-order valence-electron chi connectivity index (χ4n) is 5.00. The third kappa shape index (κ3) is 13.2. The molecule has 0 saturated heterocycles. The van der Waals surface area contributed by atoms with E-state index in [0.29, 0.717) is 6.61 Å². The van der Waals surface area contributed by atoms with Gasteiger partial charge in [0.1, 0.15) is 24.5 Å². The van der Waals surface area contributed by atoms with Crippen LogP contribution in [0.3, 0.4) is 0 Å². The number of rotatable bonds is 19. The molecule has 0 radical (unpaired) electrons. The monoisotopic (exact) mass is 725 g/mol. The normalized spacial score (nSPS) is 13.9. The SMILES string of the molecule is CC(C)(C)[Si](C)(C)O[C@H](COCc1ccccc1)[C@@H](OCc1ccccc1)[C@@H](/C=C(\NC(=O)OCc1ccccc1)C(=O)O)OCc1ccccc1. The highest BCUT2D eigenvalue weighted by Gasteiger charge is 2.43. The molecule has 0 heterocycles. The van der Waals surface area contributed by atoms with Gasteiger partial charge in [-0.15, -0.1) is 0 Å². The van der Waals surface area contributed by atoms with Crippen LogP contribution in [-0.4, -0.2) is 50.4 Å². The number of amides is 1. The molecular weight excluding hydrogens is 675 g/mol. The van der Waals surface area contributed by atoms with E-state index in [2.05, 4.69) is 39.2 Å². The molecule has 0 spiro atoms. The van der Waals surface area contributed by atoms with Gasteiger partial charge in [-0.05, 0) is 46.5 Å². The van der Waals surface area contributed by atoms with Crippen LogP contribution in [0.5, 0.6) is 0 Å². The molecule has 3 atom stereocenters. The van der Waals surface area contributed by atoms with Crippen molar-refractivity contribution in [2.75, 3.05) is 6.61 Å². The van der Waals surface area contributed by atoms with Gasteiger partial charge in [0.2, 0.25) is 0 Å². The summed E-state index contributed by atoms with van der Waals surface area (Å²) >= 11 is 0. The maximum atomic E-state index is 12.9. The quantitative estimate of drug-likeness (QED) is 0.0730. The van der Waals surface area contributed by atoms with Crippen molar-refractivity contribution in [2.24, 2.45) is 0 Å². The van der Waals surface area contributed by atoms with E-state index >= 15 is 0 Å². The average Bonchev–Trinajstić information content (AvgIpc) is 3.13. The van der Waals surface area contributed by atoms with Crippen molar-refractivity contribution < 1.29 is 38.1 Å². The Kier molecular flexibility index (Phi) is 15.4. The van der Waals surface area contributed by atoms with E-state index in [-0.39, 0.29) is 31.5 Å². The third-order valence-corrected chi connectivity index (χ3v) is 13.4. The highest BCUT2D eigenvalue weighted by molar-refractivity contribution is 6.74. The number of carboxylic acid groups (broad SMARTS) is 1. The van der Waals surface area contributed by atoms with Gasteiger partial charge in [-0.2, -0.15) is 0 Å². The Bertz CT molecular complexity index is 1680. The number of nitrogens with one attached hydrogen (secondary N) is 1. The van der Waals surface area contributed by atoms with Gasteiger partial charge in [-0.25, -0.2) is 9.59 Å². The second-order valence-corrected chi connectivity index (χ2v) is 18.8. The Morgan fingerprint density at radius 1 is 0.692 bits per heavy atom. The first kappa shape index (κ1) is 40.2. The minimum absolute atomic E-state index is 0.0303. The van der Waals surface area contributed by atoms with Gasteiger partial charge in [-0.1, -0.05) is 142 Å². The largest absolute Gasteiger partial charge is 0.477 e. The highest BCUT2D eigenvalue weighted by Crippen LogP contribution is 2.38. The molecule has 4 aromatic carbocycles. The highest BCUT2D eigenvalue weighted by atomic mass is 28.4. The summed E-state index contributed by atoms with van der Waals surface area (Å²) in [5, 5.41) is 12.6. The van der Waals surface area contributed by atoms with Gasteiger partial charge in [-0.3, -0.25) is 5.32 Å². The maximum Gasteiger partial charge on any atom is 0.412 e. The minimum Gasteiger partial charge on any atom is -0.477 e. The van der Waals surface area contributed by atoms with Gasteiger partial charge in [0, 0.05) is 0 Å². The fraction of sp³-hybridized carbons (Fsp3) is 0.333. The summed E-state index contributed by atoms with van der Waals surface area (Å²) in [5.41, 5.74) is 3.13. The van der Waals surface area contributed by atoms with E-state index in [4.69, 9.17) is 23.4 Å². The predicted octanol–water partition coefficient (Wildman–Crippen LogP) is 8.66. The molecule has 0 aliphatic rings. The van der Waals surface area contributed by atoms with E-state index in [1.165, 1.54) is 6.08 Å². The topological polar surface area (TPSA) is 113 Å². The summed E-state index contributed by atoms with van der Waals surface area (Å²) in [7, 11) is -2.47. The number of ether oxygens (including phenoxy) is 4. The van der Waals surface area contributed by atoms with Gasteiger partial charge < -0.3 is 28.5 Å². The van der Waals surface area contributed by atoms with Crippen LogP contribution in [0.15, 0.2) is 133 Å². The van der Waals surface area contributed by atoms with Crippen molar-refractivity contribution >= 4 is 20.4 Å². The third-order valence-electron chi connectivity index (χ3n) is 8.92. The van der Waals surface area contributed by atoms with E-state index in [1.807, 2.05) is 121 Å². The van der Waals surface area contributed by atoms with E-state index in [1.54, 1.807) is 0 Å². The molecule has 2 N–H and O–H groups in total. The first-order chi connectivity index (χ1) is 24.9. The molecule has 1 amide bonds. The molecule has 0 saturated carbocycles. The summed E-state index contributed by atoms with van der Waals surface area (Å²) in [5.74, 6) is -1.37. The minimum atomic E-state index is -2.47. The Morgan fingerprint density at radius 3 is 1.60 bits per heavy atom. The molecule has 0 aliphatic heterocycles. The molecule has 0 bridgehead atoms. The van der Waals surface area contributed by atoms with Crippen molar-refractivity contribution in [3.63, 3.8) is 0 Å². The second kappa shape index (κ2) is 19.9. The van der Waals surface area contributed by atoms with Gasteiger partial charge >= 0.3 is 12.1 Å². The first-order valence-electron chi connectivity index (χ1n) is 17.4. The van der Waals surface area contributed by atoms with Gasteiger partial charge in [0.05, 0.1) is 32.5 Å². The lowest BCUT2D eigenvalue weighted by Crippen LogP contribution is -2.52. The summed E-state index contributed by atoms with van der Waals surface area (Å²) in [6.45, 7) is 11.5. The van der Waals surface area contributed by atoms with E-state index in [9.17, 15) is 14.7 Å². The Labute approximate surface area is 308 Å². The molecule has 0 aromatic heterocycles. The molecule has 0 aliphatic carbocycles. The van der Waals surface area contributed by atoms with Crippen molar-refractivity contribution in [3.8, 4) is 0 Å². The molecule has 10 heteroatoms. The molecule has 276 valence electrons. The lowest BCUT2D eigenvalue weighted by atomic mass is 10.1. The van der Waals surface area contributed by atoms with E-state index in [0.717, 1.165) is 22.3 Å². The molecule has 52 heavy (non-hydrogen) atoms. The zero-order valence-electron chi connectivity index (χ0n) is 30.7. The summed E-state index contributed by atoms with van der Waals surface area (Å²) in [4.78, 5) is 25.6. The predicted molar refractivity (Wildman–Crippen MR) is 204 cm³/mol. The number of aliphatic carboxylic acids is 1. The fourth-order valence-corrected chi connectivity index (χ4v) is 6.32. The molecular formula is C42H51NO8Si. The Morgan fingerprint density at radius 2 is 1.13 bits per heavy atom. The molecule has 0 unspecified atom stereocenters. The molecule has 4 aromatic rings. The van der Waals surface area contributed by atoms with Gasteiger partial charge in [0.15, 0.2) is 8.32 Å². The number of carboxylic acids is 1. The van der Waals surface area contributed by atoms with Crippen LogP contribution < -0.4 is 5.32 Å². The van der Waals surface area contributed by atoms with Crippen LogP contribution >= 0.6 is 0 Å². The lowest BCUT2D eigenvalue weighted by molar-refractivity contribution is -0.135. The van der Waals surface area contributed by atoms with Crippen molar-refractivity contribution in [1.29, 1.82) is 0 Å². The van der Waals surface area contributed by atoms with Crippen LogP contribution in [0.25, 0.3) is 0 Å². The van der Waals surface area contributed by atoms with Crippen LogP contribution in [-0.2, 0) is 54.6 Å². The Balaban J connectivity index is 1.73. The number of benzene rings is 4. The summed E-state index contributed by atoms with van der Waals surface area (Å²) in [6, 6.07) is 38.2. The van der Waals surface area contributed by atoms with Crippen molar-refractivity contribution in [1.82, 2.24) is 5.32 Å². The van der Waals surface area contributed by atoms with Crippen LogP contribution in [0.1, 0.15) is 43.0 Å². The zero-order valence-corrected chi connectivity index (χ0v) is 31.7. The number of carbonyl (C=O) groups is 2. The van der Waals surface area contributed by atoms with E-state index < -0.39 is 44.4 Å². The first-order valence-corrected chi connectivity index (χ1v) is 20.4. The maximum absolute atomic E-state index is 12.9. The lowest BCUT2D eigenvalue weighted by Gasteiger charge is -2.42. The number of carbonyl (C=O) groups excluding carboxylic acids is 1. The molecule has 4 rings (SSSR count). The Hall–Kier alpha value is -4.58.